The van der Waals surface area contributed by atoms with Crippen molar-refractivity contribution in [1.82, 2.24) is 4.72 Å². The van der Waals surface area contributed by atoms with Crippen LogP contribution in [0.15, 0.2) is 23.1 Å². The summed E-state index contributed by atoms with van der Waals surface area (Å²) in [6.45, 7) is 7.90. The number of nitro benzene ring substituents is 1. The Morgan fingerprint density at radius 1 is 1.29 bits per heavy atom. The summed E-state index contributed by atoms with van der Waals surface area (Å²) >= 11 is 0. The first-order chi connectivity index (χ1) is 9.69. The Balaban J connectivity index is 3.25. The predicted octanol–water partition coefficient (Wildman–Crippen LogP) is 2.35. The van der Waals surface area contributed by atoms with Gasteiger partial charge in [0, 0.05) is 24.3 Å². The molecule has 118 valence electrons. The smallest absolute Gasteiger partial charge is 0.291 e. The van der Waals surface area contributed by atoms with Gasteiger partial charge in [-0.25, -0.2) is 13.1 Å². The Bertz CT molecular complexity index is 614. The molecule has 0 radical (unpaired) electrons. The van der Waals surface area contributed by atoms with Gasteiger partial charge in [0.2, 0.25) is 10.0 Å². The van der Waals surface area contributed by atoms with E-state index in [-0.39, 0.29) is 16.9 Å². The van der Waals surface area contributed by atoms with Gasteiger partial charge in [-0.15, -0.1) is 0 Å². The van der Waals surface area contributed by atoms with Crippen LogP contribution in [0.2, 0.25) is 0 Å². The van der Waals surface area contributed by atoms with Gasteiger partial charge in [0.1, 0.15) is 0 Å². The molecule has 0 spiro atoms. The van der Waals surface area contributed by atoms with Crippen LogP contribution in [-0.2, 0) is 10.0 Å². The standard InChI is InChI=1S/C13H21N3O4S/c1-5-14-11-6-7-13(12(8-11)16(17)18)21(19,20)15-10(4)9(2)3/h6-10,14-15H,5H2,1-4H3. The number of hydrogen-bond donors (Lipinski definition) is 2. The van der Waals surface area contributed by atoms with E-state index in [9.17, 15) is 18.5 Å². The SMILES string of the molecule is CCNc1ccc(S(=O)(=O)NC(C)C(C)C)c([N+](=O)[O-])c1. The Labute approximate surface area is 124 Å². The lowest BCUT2D eigenvalue weighted by molar-refractivity contribution is -0.387. The van der Waals surface area contributed by atoms with Gasteiger partial charge in [0.05, 0.1) is 4.92 Å². The molecule has 1 aromatic rings. The molecule has 0 aromatic heterocycles. The monoisotopic (exact) mass is 315 g/mol. The van der Waals surface area contributed by atoms with E-state index in [2.05, 4.69) is 10.0 Å². The Morgan fingerprint density at radius 2 is 1.90 bits per heavy atom. The topological polar surface area (TPSA) is 101 Å². The van der Waals surface area contributed by atoms with Crippen molar-refractivity contribution in [3.8, 4) is 0 Å². The summed E-state index contributed by atoms with van der Waals surface area (Å²) in [5.74, 6) is 0.0832. The van der Waals surface area contributed by atoms with Crippen molar-refractivity contribution in [1.29, 1.82) is 0 Å². The van der Waals surface area contributed by atoms with E-state index >= 15 is 0 Å². The Hall–Kier alpha value is -1.67. The van der Waals surface area contributed by atoms with E-state index in [0.29, 0.717) is 12.2 Å². The zero-order valence-corrected chi connectivity index (χ0v) is 13.4. The maximum atomic E-state index is 12.3. The molecule has 1 aromatic carbocycles. The normalized spacial score (nSPS) is 13.2. The molecule has 0 aliphatic carbocycles. The predicted molar refractivity (Wildman–Crippen MR) is 81.9 cm³/mol. The summed E-state index contributed by atoms with van der Waals surface area (Å²) in [5, 5.41) is 14.1. The second-order valence-electron chi connectivity index (χ2n) is 5.12. The van der Waals surface area contributed by atoms with Crippen molar-refractivity contribution in [3.63, 3.8) is 0 Å². The summed E-state index contributed by atoms with van der Waals surface area (Å²) in [7, 11) is -3.93. The molecule has 1 rings (SSSR count). The van der Waals surface area contributed by atoms with Crippen LogP contribution in [-0.4, -0.2) is 25.9 Å². The highest BCUT2D eigenvalue weighted by molar-refractivity contribution is 7.89. The van der Waals surface area contributed by atoms with Gasteiger partial charge in [-0.1, -0.05) is 13.8 Å². The molecule has 1 unspecified atom stereocenters. The summed E-state index contributed by atoms with van der Waals surface area (Å²) in [6.07, 6.45) is 0. The van der Waals surface area contributed by atoms with Crippen molar-refractivity contribution in [2.45, 2.75) is 38.6 Å². The van der Waals surface area contributed by atoms with Gasteiger partial charge in [0.25, 0.3) is 5.69 Å². The van der Waals surface area contributed by atoms with Gasteiger partial charge in [0.15, 0.2) is 4.90 Å². The third-order valence-corrected chi connectivity index (χ3v) is 4.77. The maximum absolute atomic E-state index is 12.3. The van der Waals surface area contributed by atoms with Crippen LogP contribution < -0.4 is 10.0 Å². The van der Waals surface area contributed by atoms with Gasteiger partial charge in [-0.3, -0.25) is 10.1 Å². The van der Waals surface area contributed by atoms with E-state index in [4.69, 9.17) is 0 Å². The van der Waals surface area contributed by atoms with Gasteiger partial charge < -0.3 is 5.32 Å². The highest BCUT2D eigenvalue weighted by atomic mass is 32.2. The molecule has 0 saturated carbocycles. The number of sulfonamides is 1. The van der Waals surface area contributed by atoms with E-state index in [1.807, 2.05) is 20.8 Å². The highest BCUT2D eigenvalue weighted by Crippen LogP contribution is 2.27. The van der Waals surface area contributed by atoms with Crippen LogP contribution >= 0.6 is 0 Å². The van der Waals surface area contributed by atoms with Crippen molar-refractivity contribution in [2.75, 3.05) is 11.9 Å². The Kier molecular flexibility index (Phi) is 5.68. The fourth-order valence-electron chi connectivity index (χ4n) is 1.65. The molecular weight excluding hydrogens is 294 g/mol. The largest absolute Gasteiger partial charge is 0.385 e. The van der Waals surface area contributed by atoms with Crippen LogP contribution in [0, 0.1) is 16.0 Å². The Morgan fingerprint density at radius 3 is 2.38 bits per heavy atom. The number of nitrogens with zero attached hydrogens (tertiary/aromatic N) is 1. The molecule has 7 nitrogen and oxygen atoms in total. The molecule has 0 heterocycles. The minimum atomic E-state index is -3.93. The van der Waals surface area contributed by atoms with Crippen LogP contribution in [0.3, 0.4) is 0 Å². The molecule has 0 amide bonds. The minimum Gasteiger partial charge on any atom is -0.385 e. The molecule has 8 heteroatoms. The average Bonchev–Trinajstić information content (AvgIpc) is 2.38. The van der Waals surface area contributed by atoms with Crippen LogP contribution in [0.5, 0.6) is 0 Å². The van der Waals surface area contributed by atoms with Crippen molar-refractivity contribution < 1.29 is 13.3 Å². The summed E-state index contributed by atoms with van der Waals surface area (Å²) in [5.41, 5.74) is 0.0805. The first kappa shape index (κ1) is 17.4. The number of nitrogens with one attached hydrogen (secondary N) is 2. The molecule has 0 aliphatic rings. The van der Waals surface area contributed by atoms with Crippen LogP contribution in [0.4, 0.5) is 11.4 Å². The first-order valence-electron chi connectivity index (χ1n) is 6.73. The van der Waals surface area contributed by atoms with Gasteiger partial charge in [-0.2, -0.15) is 0 Å². The quantitative estimate of drug-likeness (QED) is 0.594. The lowest BCUT2D eigenvalue weighted by Crippen LogP contribution is -2.36. The van der Waals surface area contributed by atoms with Crippen LogP contribution in [0.25, 0.3) is 0 Å². The van der Waals surface area contributed by atoms with E-state index in [1.165, 1.54) is 18.2 Å². The van der Waals surface area contributed by atoms with Gasteiger partial charge >= 0.3 is 0 Å². The number of anilines is 1. The zero-order valence-electron chi connectivity index (χ0n) is 12.6. The highest BCUT2D eigenvalue weighted by Gasteiger charge is 2.28. The van der Waals surface area contributed by atoms with Crippen molar-refractivity contribution >= 4 is 21.4 Å². The number of benzene rings is 1. The van der Waals surface area contributed by atoms with Crippen molar-refractivity contribution in [3.05, 3.63) is 28.3 Å². The fourth-order valence-corrected chi connectivity index (χ4v) is 3.19. The number of nitro groups is 1. The molecule has 0 fully saturated rings. The molecule has 0 bridgehead atoms. The summed E-state index contributed by atoms with van der Waals surface area (Å²) < 4.78 is 27.1. The van der Waals surface area contributed by atoms with Gasteiger partial charge in [-0.05, 0) is 31.9 Å². The van der Waals surface area contributed by atoms with Crippen molar-refractivity contribution in [2.24, 2.45) is 5.92 Å². The molecule has 0 saturated heterocycles. The second-order valence-corrected chi connectivity index (χ2v) is 6.81. The summed E-state index contributed by atoms with van der Waals surface area (Å²) in [4.78, 5) is 10.1. The minimum absolute atomic E-state index is 0.0832. The first-order valence-corrected chi connectivity index (χ1v) is 8.22. The second kappa shape index (κ2) is 6.86. The number of hydrogen-bond acceptors (Lipinski definition) is 5. The lowest BCUT2D eigenvalue weighted by atomic mass is 10.1. The van der Waals surface area contributed by atoms with Crippen LogP contribution in [0.1, 0.15) is 27.7 Å². The molecule has 1 atom stereocenters. The number of rotatable bonds is 7. The average molecular weight is 315 g/mol. The van der Waals surface area contributed by atoms with E-state index < -0.39 is 20.6 Å². The lowest BCUT2D eigenvalue weighted by Gasteiger charge is -2.17. The molecular formula is C13H21N3O4S. The molecule has 21 heavy (non-hydrogen) atoms. The summed E-state index contributed by atoms with van der Waals surface area (Å²) in [6, 6.07) is 3.69. The fraction of sp³-hybridized carbons (Fsp3) is 0.538. The third-order valence-electron chi connectivity index (χ3n) is 3.17. The zero-order chi connectivity index (χ0) is 16.2. The maximum Gasteiger partial charge on any atom is 0.291 e. The molecule has 0 aliphatic heterocycles. The third kappa shape index (κ3) is 4.40. The van der Waals surface area contributed by atoms with E-state index in [1.54, 1.807) is 6.92 Å². The van der Waals surface area contributed by atoms with E-state index in [0.717, 1.165) is 0 Å². The molecule has 2 N–H and O–H groups in total.